The minimum absolute atomic E-state index is 0.264. The van der Waals surface area contributed by atoms with Gasteiger partial charge in [-0.3, -0.25) is 0 Å². The lowest BCUT2D eigenvalue weighted by Gasteiger charge is -2.27. The van der Waals surface area contributed by atoms with Gasteiger partial charge in [0.2, 0.25) is 0 Å². The monoisotopic (exact) mass is 254 g/mol. The van der Waals surface area contributed by atoms with Gasteiger partial charge in [-0.15, -0.1) is 0 Å². The van der Waals surface area contributed by atoms with Crippen molar-refractivity contribution < 1.29 is 0 Å². The molecule has 0 aromatic heterocycles. The van der Waals surface area contributed by atoms with E-state index in [1.165, 1.54) is 21.8 Å². The fraction of sp³-hybridized carbons (Fsp3) is 0.312. The summed E-state index contributed by atoms with van der Waals surface area (Å²) in [5, 5.41) is 9.86. The number of benzene rings is 1. The molecule has 0 saturated heterocycles. The van der Waals surface area contributed by atoms with E-state index in [-0.39, 0.29) is 10.9 Å². The minimum Gasteiger partial charge on any atom is -0.192 e. The van der Waals surface area contributed by atoms with E-state index in [9.17, 15) is 5.26 Å². The first kappa shape index (κ1) is 11.6. The van der Waals surface area contributed by atoms with Crippen LogP contribution in [0.5, 0.6) is 0 Å². The Morgan fingerprint density at radius 1 is 1.22 bits per heavy atom. The van der Waals surface area contributed by atoms with Crippen molar-refractivity contribution in [2.45, 2.75) is 30.4 Å². The first-order valence-electron chi connectivity index (χ1n) is 6.27. The van der Waals surface area contributed by atoms with Crippen molar-refractivity contribution in [3.8, 4) is 6.07 Å². The molecule has 0 N–H and O–H groups in total. The molecule has 0 spiro atoms. The van der Waals surface area contributed by atoms with E-state index in [1.807, 2.05) is 6.07 Å². The smallest absolute Gasteiger partial charge is 0.164 e. The van der Waals surface area contributed by atoms with Gasteiger partial charge >= 0.3 is 0 Å². The highest BCUT2D eigenvalue weighted by Gasteiger charge is 2.41. The Kier molecular flexibility index (Phi) is 2.80. The Balaban J connectivity index is 2.14. The summed E-state index contributed by atoms with van der Waals surface area (Å²) in [6.07, 6.45) is 3.33. The normalized spacial score (nSPS) is 25.9. The molecule has 2 unspecified atom stereocenters. The summed E-state index contributed by atoms with van der Waals surface area (Å²) in [6.45, 7) is 4.49. The molecule has 2 atom stereocenters. The topological polar surface area (TPSA) is 23.8 Å². The Hall–Kier alpha value is -1.46. The van der Waals surface area contributed by atoms with E-state index in [2.05, 4.69) is 44.2 Å². The molecule has 2 aliphatic rings. The second-order valence-corrected chi connectivity index (χ2v) is 7.26. The molecule has 2 aliphatic heterocycles. The van der Waals surface area contributed by atoms with Gasteiger partial charge in [-0.05, 0) is 37.6 Å². The zero-order chi connectivity index (χ0) is 12.7. The fourth-order valence-corrected chi connectivity index (χ4v) is 5.59. The summed E-state index contributed by atoms with van der Waals surface area (Å²) in [5.74, 6) is 1.17. The third-order valence-electron chi connectivity index (χ3n) is 3.91. The van der Waals surface area contributed by atoms with Gasteiger partial charge in [0, 0.05) is 22.9 Å². The standard InChI is InChI=1S/C16H16NS/c1-11-7-14-8-13(9-17)15-5-3-4-6-16(15)18(14)10-12(11)2/h3-6,8,14H,7,10H2,1-2H3/q+1. The number of allylic oxidation sites excluding steroid dienone is 2. The van der Waals surface area contributed by atoms with Crippen molar-refractivity contribution in [2.75, 3.05) is 5.75 Å². The first-order valence-corrected chi connectivity index (χ1v) is 7.72. The lowest BCUT2D eigenvalue weighted by atomic mass is 10.0. The molecule has 0 aliphatic carbocycles. The summed E-state index contributed by atoms with van der Waals surface area (Å²) in [4.78, 5) is 1.40. The molecule has 1 aromatic carbocycles. The van der Waals surface area contributed by atoms with Crippen molar-refractivity contribution >= 4 is 16.5 Å². The fourth-order valence-electron chi connectivity index (χ4n) is 2.71. The number of rotatable bonds is 0. The Labute approximate surface area is 111 Å². The first-order chi connectivity index (χ1) is 8.70. The summed E-state index contributed by atoms with van der Waals surface area (Å²) >= 11 is 0. The average molecular weight is 254 g/mol. The summed E-state index contributed by atoms with van der Waals surface area (Å²) in [5.41, 5.74) is 5.08. The van der Waals surface area contributed by atoms with Gasteiger partial charge in [0.25, 0.3) is 0 Å². The van der Waals surface area contributed by atoms with Crippen LogP contribution in [0, 0.1) is 11.3 Å². The zero-order valence-corrected chi connectivity index (χ0v) is 11.6. The number of nitriles is 1. The molecule has 90 valence electrons. The van der Waals surface area contributed by atoms with Crippen LogP contribution in [-0.4, -0.2) is 11.0 Å². The van der Waals surface area contributed by atoms with Crippen LogP contribution < -0.4 is 0 Å². The van der Waals surface area contributed by atoms with E-state index >= 15 is 0 Å². The van der Waals surface area contributed by atoms with Gasteiger partial charge in [-0.2, -0.15) is 5.26 Å². The largest absolute Gasteiger partial charge is 0.192 e. The Morgan fingerprint density at radius 2 is 2.00 bits per heavy atom. The van der Waals surface area contributed by atoms with Crippen LogP contribution in [0.3, 0.4) is 0 Å². The van der Waals surface area contributed by atoms with Crippen LogP contribution in [0.4, 0.5) is 0 Å². The number of nitrogens with zero attached hydrogens (tertiary/aromatic N) is 1. The van der Waals surface area contributed by atoms with E-state index in [4.69, 9.17) is 0 Å². The maximum Gasteiger partial charge on any atom is 0.164 e. The highest BCUT2D eigenvalue weighted by molar-refractivity contribution is 7.98. The van der Waals surface area contributed by atoms with E-state index in [0.29, 0.717) is 5.25 Å². The lowest BCUT2D eigenvalue weighted by molar-refractivity contribution is 0.931. The quantitative estimate of drug-likeness (QED) is 0.511. The number of fused-ring (bicyclic) bond motifs is 3. The molecule has 0 fully saturated rings. The van der Waals surface area contributed by atoms with Crippen molar-refractivity contribution in [2.24, 2.45) is 0 Å². The summed E-state index contributed by atoms with van der Waals surface area (Å²) in [6, 6.07) is 10.8. The van der Waals surface area contributed by atoms with Gasteiger partial charge in [-0.25, -0.2) is 0 Å². The Morgan fingerprint density at radius 3 is 2.78 bits per heavy atom. The van der Waals surface area contributed by atoms with Gasteiger partial charge in [0.15, 0.2) is 4.90 Å². The third-order valence-corrected chi connectivity index (χ3v) is 6.60. The molecule has 1 nitrogen and oxygen atoms in total. The number of hydrogen-bond acceptors (Lipinski definition) is 1. The zero-order valence-electron chi connectivity index (χ0n) is 10.7. The Bertz CT molecular complexity index is 604. The molecule has 18 heavy (non-hydrogen) atoms. The molecule has 0 bridgehead atoms. The van der Waals surface area contributed by atoms with Crippen molar-refractivity contribution in [1.29, 1.82) is 5.26 Å². The molecule has 1 aromatic rings. The van der Waals surface area contributed by atoms with Gasteiger partial charge in [0.1, 0.15) is 11.0 Å². The van der Waals surface area contributed by atoms with Crippen LogP contribution >= 0.6 is 0 Å². The van der Waals surface area contributed by atoms with Crippen LogP contribution in [0.1, 0.15) is 25.8 Å². The molecule has 0 amide bonds. The summed E-state index contributed by atoms with van der Waals surface area (Å²) < 4.78 is 0. The van der Waals surface area contributed by atoms with Crippen LogP contribution in [0.15, 0.2) is 46.4 Å². The minimum atomic E-state index is 0.264. The van der Waals surface area contributed by atoms with E-state index in [1.54, 1.807) is 0 Å². The maximum atomic E-state index is 9.32. The average Bonchev–Trinajstić information content (AvgIpc) is 2.40. The van der Waals surface area contributed by atoms with Gasteiger partial charge in [0.05, 0.1) is 11.6 Å². The molecular weight excluding hydrogens is 238 g/mol. The van der Waals surface area contributed by atoms with Crippen molar-refractivity contribution in [3.63, 3.8) is 0 Å². The van der Waals surface area contributed by atoms with Crippen LogP contribution in [0.2, 0.25) is 0 Å². The predicted octanol–water partition coefficient (Wildman–Crippen LogP) is 3.69. The number of hydrogen-bond donors (Lipinski definition) is 0. The molecule has 2 heteroatoms. The lowest BCUT2D eigenvalue weighted by Crippen LogP contribution is -2.31. The second-order valence-electron chi connectivity index (χ2n) is 5.06. The molecule has 0 radical (unpaired) electrons. The molecule has 2 heterocycles. The molecule has 0 saturated carbocycles. The molecule has 3 rings (SSSR count). The predicted molar refractivity (Wildman–Crippen MR) is 77.3 cm³/mol. The van der Waals surface area contributed by atoms with E-state index in [0.717, 1.165) is 17.6 Å². The summed E-state index contributed by atoms with van der Waals surface area (Å²) in [7, 11) is 0.264. The second kappa shape index (κ2) is 4.33. The maximum absolute atomic E-state index is 9.32. The molecular formula is C16H16NS+. The van der Waals surface area contributed by atoms with Gasteiger partial charge < -0.3 is 0 Å². The van der Waals surface area contributed by atoms with Crippen molar-refractivity contribution in [3.05, 3.63) is 47.1 Å². The van der Waals surface area contributed by atoms with Crippen molar-refractivity contribution in [1.82, 2.24) is 0 Å². The van der Waals surface area contributed by atoms with Gasteiger partial charge in [-0.1, -0.05) is 17.7 Å². The highest BCUT2D eigenvalue weighted by Crippen LogP contribution is 2.40. The third kappa shape index (κ3) is 1.71. The van der Waals surface area contributed by atoms with Crippen LogP contribution in [-0.2, 0) is 10.9 Å². The SMILES string of the molecule is CC1=C(C)C[S+]2c3ccccc3C(C#N)=CC2C1. The van der Waals surface area contributed by atoms with E-state index < -0.39 is 0 Å². The van der Waals surface area contributed by atoms with Crippen LogP contribution in [0.25, 0.3) is 5.57 Å². The highest BCUT2D eigenvalue weighted by atomic mass is 32.2.